The maximum absolute atomic E-state index is 5.55. The van der Waals surface area contributed by atoms with Gasteiger partial charge in [-0.05, 0) is 25.8 Å². The second-order valence-corrected chi connectivity index (χ2v) is 3.70. The molecule has 82 valence electrons. The van der Waals surface area contributed by atoms with E-state index in [1.807, 2.05) is 6.92 Å². The fraction of sp³-hybridized carbons (Fsp3) is 0.600. The Hall–Kier alpha value is -1.36. The number of nitrogens with one attached hydrogen (secondary N) is 1. The first-order valence-electron chi connectivity index (χ1n) is 5.24. The van der Waals surface area contributed by atoms with Crippen LogP contribution < -0.4 is 11.1 Å². The lowest BCUT2D eigenvalue weighted by Crippen LogP contribution is -2.41. The molecule has 0 amide bonds. The van der Waals surface area contributed by atoms with Gasteiger partial charge in [-0.25, -0.2) is 4.98 Å². The summed E-state index contributed by atoms with van der Waals surface area (Å²) in [6.45, 7) is 2.80. The van der Waals surface area contributed by atoms with E-state index in [2.05, 4.69) is 15.3 Å². The van der Waals surface area contributed by atoms with Crippen LogP contribution in [-0.2, 0) is 4.74 Å². The number of hydrogen-bond donors (Lipinski definition) is 2. The summed E-state index contributed by atoms with van der Waals surface area (Å²) in [5.41, 5.74) is 5.55. The van der Waals surface area contributed by atoms with Crippen molar-refractivity contribution in [1.82, 2.24) is 9.97 Å². The van der Waals surface area contributed by atoms with Gasteiger partial charge in [-0.3, -0.25) is 0 Å². The van der Waals surface area contributed by atoms with Crippen LogP contribution >= 0.6 is 0 Å². The minimum atomic E-state index is 0.397. The predicted molar refractivity (Wildman–Crippen MR) is 58.5 cm³/mol. The molecule has 1 aliphatic carbocycles. The normalized spacial score (nSPS) is 24.6. The zero-order chi connectivity index (χ0) is 10.7. The summed E-state index contributed by atoms with van der Waals surface area (Å²) < 4.78 is 5.46. The van der Waals surface area contributed by atoms with Crippen LogP contribution in [0.25, 0.3) is 0 Å². The SMILES string of the molecule is CCOC1CC(Nc2nccc(N)n2)C1. The zero-order valence-corrected chi connectivity index (χ0v) is 8.81. The Labute approximate surface area is 89.1 Å². The second kappa shape index (κ2) is 4.44. The Morgan fingerprint density at radius 2 is 2.40 bits per heavy atom. The number of anilines is 2. The summed E-state index contributed by atoms with van der Waals surface area (Å²) in [5.74, 6) is 1.10. The van der Waals surface area contributed by atoms with E-state index in [0.29, 0.717) is 23.9 Å². The maximum atomic E-state index is 5.55. The van der Waals surface area contributed by atoms with Crippen LogP contribution in [0.15, 0.2) is 12.3 Å². The molecule has 5 heteroatoms. The Bertz CT molecular complexity index is 325. The number of nitrogen functional groups attached to an aromatic ring is 1. The molecule has 5 nitrogen and oxygen atoms in total. The lowest BCUT2D eigenvalue weighted by atomic mass is 9.89. The standard InChI is InChI=1S/C10H16N4O/c1-2-15-8-5-7(6-8)13-10-12-4-3-9(11)14-10/h3-4,7-8H,2,5-6H2,1H3,(H3,11,12,13,14). The van der Waals surface area contributed by atoms with Crippen LogP contribution in [0.2, 0.25) is 0 Å². The van der Waals surface area contributed by atoms with Gasteiger partial charge in [0.25, 0.3) is 0 Å². The Kier molecular flexibility index (Phi) is 3.01. The average molecular weight is 208 g/mol. The molecule has 1 aromatic rings. The van der Waals surface area contributed by atoms with Gasteiger partial charge in [0.05, 0.1) is 6.10 Å². The average Bonchev–Trinajstić information content (AvgIpc) is 2.15. The summed E-state index contributed by atoms with van der Waals surface area (Å²) in [7, 11) is 0. The van der Waals surface area contributed by atoms with Gasteiger partial charge in [0.2, 0.25) is 5.95 Å². The molecule has 0 bridgehead atoms. The fourth-order valence-electron chi connectivity index (χ4n) is 1.68. The van der Waals surface area contributed by atoms with E-state index >= 15 is 0 Å². The van der Waals surface area contributed by atoms with E-state index in [0.717, 1.165) is 19.4 Å². The lowest BCUT2D eigenvalue weighted by molar-refractivity contribution is 0.00285. The fourth-order valence-corrected chi connectivity index (χ4v) is 1.68. The van der Waals surface area contributed by atoms with Gasteiger partial charge in [0.15, 0.2) is 0 Å². The molecule has 0 aliphatic heterocycles. The van der Waals surface area contributed by atoms with E-state index in [-0.39, 0.29) is 0 Å². The van der Waals surface area contributed by atoms with E-state index < -0.39 is 0 Å². The predicted octanol–water partition coefficient (Wildman–Crippen LogP) is 1.04. The van der Waals surface area contributed by atoms with Crippen LogP contribution in [0.5, 0.6) is 0 Å². The zero-order valence-electron chi connectivity index (χ0n) is 8.81. The quantitative estimate of drug-likeness (QED) is 0.773. The maximum Gasteiger partial charge on any atom is 0.224 e. The van der Waals surface area contributed by atoms with Crippen molar-refractivity contribution in [3.05, 3.63) is 12.3 Å². The minimum absolute atomic E-state index is 0.397. The lowest BCUT2D eigenvalue weighted by Gasteiger charge is -2.35. The van der Waals surface area contributed by atoms with Gasteiger partial charge >= 0.3 is 0 Å². The Balaban J connectivity index is 1.80. The number of hydrogen-bond acceptors (Lipinski definition) is 5. The molecular weight excluding hydrogens is 192 g/mol. The van der Waals surface area contributed by atoms with Crippen molar-refractivity contribution in [3.63, 3.8) is 0 Å². The molecule has 2 rings (SSSR count). The molecule has 1 fully saturated rings. The molecule has 0 spiro atoms. The van der Waals surface area contributed by atoms with Crippen molar-refractivity contribution in [3.8, 4) is 0 Å². The number of rotatable bonds is 4. The first kappa shape index (κ1) is 10.2. The molecule has 0 saturated heterocycles. The summed E-state index contributed by atoms with van der Waals surface area (Å²) in [6, 6.07) is 2.10. The van der Waals surface area contributed by atoms with Crippen LogP contribution in [0.1, 0.15) is 19.8 Å². The summed E-state index contributed by atoms with van der Waals surface area (Å²) >= 11 is 0. The first-order valence-corrected chi connectivity index (χ1v) is 5.24. The van der Waals surface area contributed by atoms with Crippen LogP contribution in [-0.4, -0.2) is 28.7 Å². The molecule has 0 atom stereocenters. The van der Waals surface area contributed by atoms with E-state index in [1.165, 1.54) is 0 Å². The molecule has 0 aromatic carbocycles. The largest absolute Gasteiger partial charge is 0.384 e. The summed E-state index contributed by atoms with van der Waals surface area (Å²) in [4.78, 5) is 8.17. The second-order valence-electron chi connectivity index (χ2n) is 3.70. The molecule has 1 saturated carbocycles. The molecule has 3 N–H and O–H groups in total. The molecule has 0 unspecified atom stereocenters. The van der Waals surface area contributed by atoms with Gasteiger partial charge in [-0.1, -0.05) is 0 Å². The van der Waals surface area contributed by atoms with Crippen molar-refractivity contribution in [2.24, 2.45) is 0 Å². The van der Waals surface area contributed by atoms with Crippen molar-refractivity contribution >= 4 is 11.8 Å². The number of aromatic nitrogens is 2. The highest BCUT2D eigenvalue weighted by molar-refractivity contribution is 5.36. The molecule has 1 heterocycles. The third-order valence-electron chi connectivity index (χ3n) is 2.51. The monoisotopic (exact) mass is 208 g/mol. The smallest absolute Gasteiger partial charge is 0.224 e. The number of nitrogens with two attached hydrogens (primary N) is 1. The van der Waals surface area contributed by atoms with Crippen molar-refractivity contribution in [1.29, 1.82) is 0 Å². The Morgan fingerprint density at radius 1 is 1.60 bits per heavy atom. The van der Waals surface area contributed by atoms with Gasteiger partial charge in [0.1, 0.15) is 5.82 Å². The van der Waals surface area contributed by atoms with Crippen LogP contribution in [0.4, 0.5) is 11.8 Å². The molecule has 1 aliphatic rings. The summed E-state index contributed by atoms with van der Waals surface area (Å²) in [5, 5.41) is 3.23. The third kappa shape index (κ3) is 2.56. The molecule has 15 heavy (non-hydrogen) atoms. The highest BCUT2D eigenvalue weighted by atomic mass is 16.5. The van der Waals surface area contributed by atoms with Crippen molar-refractivity contribution in [2.45, 2.75) is 31.9 Å². The van der Waals surface area contributed by atoms with Gasteiger partial charge in [0, 0.05) is 18.8 Å². The van der Waals surface area contributed by atoms with Gasteiger partial charge in [-0.2, -0.15) is 4.98 Å². The summed E-state index contributed by atoms with van der Waals surface area (Å²) in [6.07, 6.45) is 4.09. The third-order valence-corrected chi connectivity index (χ3v) is 2.51. The highest BCUT2D eigenvalue weighted by Gasteiger charge is 2.29. The van der Waals surface area contributed by atoms with Crippen molar-refractivity contribution < 1.29 is 4.74 Å². The molecular formula is C10H16N4O. The van der Waals surface area contributed by atoms with E-state index in [1.54, 1.807) is 12.3 Å². The van der Waals surface area contributed by atoms with E-state index in [4.69, 9.17) is 10.5 Å². The Morgan fingerprint density at radius 3 is 3.07 bits per heavy atom. The molecule has 0 radical (unpaired) electrons. The van der Waals surface area contributed by atoms with Gasteiger partial charge < -0.3 is 15.8 Å². The minimum Gasteiger partial charge on any atom is -0.384 e. The van der Waals surface area contributed by atoms with Crippen LogP contribution in [0, 0.1) is 0 Å². The van der Waals surface area contributed by atoms with Crippen LogP contribution in [0.3, 0.4) is 0 Å². The van der Waals surface area contributed by atoms with Crippen molar-refractivity contribution in [2.75, 3.05) is 17.7 Å². The first-order chi connectivity index (χ1) is 7.28. The number of nitrogens with zero attached hydrogens (tertiary/aromatic N) is 2. The molecule has 1 aromatic heterocycles. The van der Waals surface area contributed by atoms with Gasteiger partial charge in [-0.15, -0.1) is 0 Å². The number of ether oxygens (including phenoxy) is 1. The van der Waals surface area contributed by atoms with E-state index in [9.17, 15) is 0 Å². The topological polar surface area (TPSA) is 73.1 Å². The highest BCUT2D eigenvalue weighted by Crippen LogP contribution is 2.25.